The van der Waals surface area contributed by atoms with Gasteiger partial charge in [0.05, 0.1) is 17.8 Å². The lowest BCUT2D eigenvalue weighted by atomic mass is 9.69. The molecule has 0 saturated carbocycles. The monoisotopic (exact) mass is 549 g/mol. The minimum Gasteiger partial charge on any atom is -0.439 e. The summed E-state index contributed by atoms with van der Waals surface area (Å²) in [5.41, 5.74) is 8.70. The standard InChI is InChI=1S/C38H35N3O/c1-37(2,3)28-24-35(39-36(25-28)42-30-15-6-5-7-16-30)38(27-13-12-14-29(23-27)41-22-21-40(4)26-41)33-19-10-8-17-31(33)32-18-9-11-20-34(32)38/h5-25H,26H2,1-4H3. The van der Waals surface area contributed by atoms with Crippen LogP contribution >= 0.6 is 0 Å². The molecule has 42 heavy (non-hydrogen) atoms. The van der Waals surface area contributed by atoms with Gasteiger partial charge in [0.15, 0.2) is 0 Å². The second kappa shape index (κ2) is 9.92. The van der Waals surface area contributed by atoms with Crippen molar-refractivity contribution < 1.29 is 4.74 Å². The van der Waals surface area contributed by atoms with Crippen LogP contribution in [-0.4, -0.2) is 23.6 Å². The van der Waals surface area contributed by atoms with Gasteiger partial charge >= 0.3 is 0 Å². The van der Waals surface area contributed by atoms with Crippen molar-refractivity contribution in [1.29, 1.82) is 0 Å². The molecule has 0 amide bonds. The van der Waals surface area contributed by atoms with Gasteiger partial charge in [-0.2, -0.15) is 0 Å². The van der Waals surface area contributed by atoms with Gasteiger partial charge in [0, 0.05) is 31.2 Å². The molecule has 0 unspecified atom stereocenters. The number of hydrogen-bond acceptors (Lipinski definition) is 4. The molecule has 7 rings (SSSR count). The molecule has 4 nitrogen and oxygen atoms in total. The topological polar surface area (TPSA) is 28.6 Å². The summed E-state index contributed by atoms with van der Waals surface area (Å²) in [6.07, 6.45) is 4.26. The Morgan fingerprint density at radius 2 is 1.38 bits per heavy atom. The van der Waals surface area contributed by atoms with Crippen LogP contribution in [0, 0.1) is 0 Å². The number of ether oxygens (including phenoxy) is 1. The van der Waals surface area contributed by atoms with Crippen LogP contribution in [0.15, 0.2) is 128 Å². The second-order valence-electron chi connectivity index (χ2n) is 12.3. The number of rotatable bonds is 5. The number of hydrogen-bond donors (Lipinski definition) is 0. The Morgan fingerprint density at radius 3 is 2.02 bits per heavy atom. The molecule has 2 aliphatic rings. The van der Waals surface area contributed by atoms with E-state index < -0.39 is 5.41 Å². The van der Waals surface area contributed by atoms with Crippen LogP contribution in [0.1, 0.15) is 48.7 Å². The SMILES string of the molecule is CN1C=CN(c2cccc(C3(c4cc(C(C)(C)C)cc(Oc5ccccc5)n4)c4ccccc4-c4ccccc43)c2)C1. The van der Waals surface area contributed by atoms with E-state index in [0.29, 0.717) is 5.88 Å². The lowest BCUT2D eigenvalue weighted by Gasteiger charge is -2.35. The van der Waals surface area contributed by atoms with Crippen molar-refractivity contribution in [2.45, 2.75) is 31.6 Å². The maximum absolute atomic E-state index is 6.45. The Kier molecular flexibility index (Phi) is 6.16. The van der Waals surface area contributed by atoms with Crippen molar-refractivity contribution in [1.82, 2.24) is 9.88 Å². The van der Waals surface area contributed by atoms with Gasteiger partial charge in [-0.05, 0) is 69.1 Å². The molecule has 5 aromatic rings. The predicted octanol–water partition coefficient (Wildman–Crippen LogP) is 8.72. The summed E-state index contributed by atoms with van der Waals surface area (Å²) in [4.78, 5) is 9.82. The highest BCUT2D eigenvalue weighted by atomic mass is 16.5. The van der Waals surface area contributed by atoms with Crippen LogP contribution in [0.5, 0.6) is 11.6 Å². The first-order valence-electron chi connectivity index (χ1n) is 14.5. The molecule has 0 N–H and O–H groups in total. The molecule has 1 aliphatic carbocycles. The number of para-hydroxylation sites is 1. The number of fused-ring (bicyclic) bond motifs is 3. The van der Waals surface area contributed by atoms with Crippen LogP contribution < -0.4 is 9.64 Å². The maximum atomic E-state index is 6.45. The number of aromatic nitrogens is 1. The van der Waals surface area contributed by atoms with Crippen molar-refractivity contribution in [3.8, 4) is 22.8 Å². The number of benzene rings is 4. The molecular formula is C38H35N3O. The zero-order valence-corrected chi connectivity index (χ0v) is 24.6. The number of anilines is 1. The summed E-state index contributed by atoms with van der Waals surface area (Å²) < 4.78 is 6.45. The molecule has 208 valence electrons. The molecule has 0 fully saturated rings. The predicted molar refractivity (Wildman–Crippen MR) is 171 cm³/mol. The summed E-state index contributed by atoms with van der Waals surface area (Å²) in [5, 5.41) is 0. The molecule has 0 bridgehead atoms. The van der Waals surface area contributed by atoms with Crippen molar-refractivity contribution in [2.24, 2.45) is 0 Å². The lowest BCUT2D eigenvalue weighted by Crippen LogP contribution is -2.31. The third-order valence-corrected chi connectivity index (χ3v) is 8.46. The van der Waals surface area contributed by atoms with Gasteiger partial charge in [-0.25, -0.2) is 4.98 Å². The number of pyridine rings is 1. The summed E-state index contributed by atoms with van der Waals surface area (Å²) >= 11 is 0. The Morgan fingerprint density at radius 1 is 0.714 bits per heavy atom. The van der Waals surface area contributed by atoms with Crippen LogP contribution in [0.4, 0.5) is 5.69 Å². The fourth-order valence-electron chi connectivity index (χ4n) is 6.38. The Labute approximate surface area is 248 Å². The van der Waals surface area contributed by atoms with Crippen molar-refractivity contribution in [3.05, 3.63) is 156 Å². The van der Waals surface area contributed by atoms with Crippen molar-refractivity contribution in [3.63, 3.8) is 0 Å². The minimum absolute atomic E-state index is 0.113. The Hall–Kier alpha value is -4.83. The van der Waals surface area contributed by atoms with Crippen molar-refractivity contribution in [2.75, 3.05) is 18.6 Å². The molecule has 0 atom stereocenters. The van der Waals surface area contributed by atoms with E-state index >= 15 is 0 Å². The maximum Gasteiger partial charge on any atom is 0.219 e. The first-order chi connectivity index (χ1) is 20.3. The zero-order valence-electron chi connectivity index (χ0n) is 24.6. The highest BCUT2D eigenvalue weighted by Crippen LogP contribution is 2.56. The summed E-state index contributed by atoms with van der Waals surface area (Å²) in [6.45, 7) is 7.56. The Bertz CT molecular complexity index is 1760. The first kappa shape index (κ1) is 26.1. The highest BCUT2D eigenvalue weighted by Gasteiger charge is 2.48. The summed E-state index contributed by atoms with van der Waals surface area (Å²) in [7, 11) is 2.10. The minimum atomic E-state index is -0.630. The van der Waals surface area contributed by atoms with Gasteiger partial charge in [-0.1, -0.05) is 99.6 Å². The van der Waals surface area contributed by atoms with Crippen LogP contribution in [0.25, 0.3) is 11.1 Å². The van der Waals surface area contributed by atoms with Gasteiger partial charge in [0.25, 0.3) is 0 Å². The van der Waals surface area contributed by atoms with Gasteiger partial charge in [-0.15, -0.1) is 0 Å². The largest absolute Gasteiger partial charge is 0.439 e. The van der Waals surface area contributed by atoms with Crippen molar-refractivity contribution >= 4 is 5.69 Å². The average molecular weight is 550 g/mol. The quantitative estimate of drug-likeness (QED) is 0.215. The zero-order chi connectivity index (χ0) is 28.9. The molecule has 1 aromatic heterocycles. The molecule has 0 spiro atoms. The Balaban J connectivity index is 1.53. The molecule has 4 aromatic carbocycles. The van der Waals surface area contributed by atoms with E-state index in [9.17, 15) is 0 Å². The second-order valence-corrected chi connectivity index (χ2v) is 12.3. The normalized spacial score (nSPS) is 15.0. The van der Waals surface area contributed by atoms with Crippen LogP contribution in [-0.2, 0) is 10.8 Å². The summed E-state index contributed by atoms with van der Waals surface area (Å²) in [6, 6.07) is 40.9. The lowest BCUT2D eigenvalue weighted by molar-refractivity contribution is 0.453. The van der Waals surface area contributed by atoms with Gasteiger partial charge in [0.2, 0.25) is 5.88 Å². The molecule has 4 heteroatoms. The third kappa shape index (κ3) is 4.26. The van der Waals surface area contributed by atoms with Gasteiger partial charge < -0.3 is 14.5 Å². The summed E-state index contributed by atoms with van der Waals surface area (Å²) in [5.74, 6) is 1.38. The smallest absolute Gasteiger partial charge is 0.219 e. The fourth-order valence-corrected chi connectivity index (χ4v) is 6.38. The van der Waals surface area contributed by atoms with E-state index in [1.165, 1.54) is 33.4 Å². The highest BCUT2D eigenvalue weighted by molar-refractivity contribution is 5.86. The van der Waals surface area contributed by atoms with Crippen LogP contribution in [0.2, 0.25) is 0 Å². The fraction of sp³-hybridized carbons (Fsp3) is 0.184. The molecule has 0 radical (unpaired) electrons. The molecule has 2 heterocycles. The molecule has 1 aliphatic heterocycles. The van der Waals surface area contributed by atoms with E-state index in [-0.39, 0.29) is 5.41 Å². The molecule has 0 saturated heterocycles. The third-order valence-electron chi connectivity index (χ3n) is 8.46. The van der Waals surface area contributed by atoms with E-state index in [4.69, 9.17) is 9.72 Å². The van der Waals surface area contributed by atoms with E-state index in [0.717, 1.165) is 23.8 Å². The van der Waals surface area contributed by atoms with Gasteiger partial charge in [0.1, 0.15) is 5.75 Å². The first-order valence-corrected chi connectivity index (χ1v) is 14.5. The van der Waals surface area contributed by atoms with Gasteiger partial charge in [-0.3, -0.25) is 0 Å². The van der Waals surface area contributed by atoms with Crippen LogP contribution in [0.3, 0.4) is 0 Å². The van der Waals surface area contributed by atoms with E-state index in [1.807, 2.05) is 30.3 Å². The number of nitrogens with zero attached hydrogens (tertiary/aromatic N) is 3. The van der Waals surface area contributed by atoms with E-state index in [1.54, 1.807) is 0 Å². The average Bonchev–Trinajstić information content (AvgIpc) is 3.57. The molecular weight excluding hydrogens is 514 g/mol. The van der Waals surface area contributed by atoms with E-state index in [2.05, 4.69) is 135 Å².